The summed E-state index contributed by atoms with van der Waals surface area (Å²) in [5, 5.41) is 3.10. The molecule has 0 saturated carbocycles. The molecular weight excluding hydrogens is 366 g/mol. The summed E-state index contributed by atoms with van der Waals surface area (Å²) in [6.07, 6.45) is 7.08. The van der Waals surface area contributed by atoms with Crippen LogP contribution in [0, 0.1) is 5.92 Å². The van der Waals surface area contributed by atoms with Crippen LogP contribution in [0.1, 0.15) is 50.5 Å². The Labute approximate surface area is 171 Å². The van der Waals surface area contributed by atoms with Crippen molar-refractivity contribution >= 4 is 17.5 Å². The van der Waals surface area contributed by atoms with Crippen LogP contribution in [0.15, 0.2) is 24.3 Å². The molecule has 0 aromatic heterocycles. The molecule has 0 unspecified atom stereocenters. The zero-order valence-electron chi connectivity index (χ0n) is 16.9. The molecule has 5 aliphatic heterocycles. The van der Waals surface area contributed by atoms with Crippen LogP contribution in [-0.4, -0.2) is 59.5 Å². The fraction of sp³-hybridized carbons (Fsp3) is 0.652. The third-order valence-corrected chi connectivity index (χ3v) is 8.24. The van der Waals surface area contributed by atoms with Gasteiger partial charge in [-0.15, -0.1) is 0 Å². The van der Waals surface area contributed by atoms with Crippen LogP contribution in [0.2, 0.25) is 0 Å². The van der Waals surface area contributed by atoms with E-state index in [1.165, 1.54) is 0 Å². The molecule has 3 atom stereocenters. The Bertz CT molecular complexity index is 855. The van der Waals surface area contributed by atoms with Gasteiger partial charge >= 0.3 is 0 Å². The average Bonchev–Trinajstić information content (AvgIpc) is 3.48. The van der Waals surface area contributed by atoms with Gasteiger partial charge in [-0.25, -0.2) is 0 Å². The van der Waals surface area contributed by atoms with Gasteiger partial charge in [-0.1, -0.05) is 18.2 Å². The molecule has 2 amide bonds. The molecule has 0 aliphatic carbocycles. The van der Waals surface area contributed by atoms with Gasteiger partial charge in [-0.2, -0.15) is 0 Å². The Morgan fingerprint density at radius 3 is 2.72 bits per heavy atom. The molecule has 4 saturated heterocycles. The van der Waals surface area contributed by atoms with Gasteiger partial charge < -0.3 is 15.0 Å². The molecule has 1 aromatic rings. The van der Waals surface area contributed by atoms with Crippen LogP contribution in [0.25, 0.3) is 0 Å². The number of nitrogens with zero attached hydrogens (tertiary/aromatic N) is 2. The number of para-hydroxylation sites is 1. The van der Waals surface area contributed by atoms with Crippen LogP contribution in [0.5, 0.6) is 0 Å². The lowest BCUT2D eigenvalue weighted by Gasteiger charge is -2.42. The fourth-order valence-corrected chi connectivity index (χ4v) is 6.87. The van der Waals surface area contributed by atoms with Gasteiger partial charge in [0.05, 0.1) is 11.5 Å². The third-order valence-electron chi connectivity index (χ3n) is 8.24. The fourth-order valence-electron chi connectivity index (χ4n) is 6.87. The second-order valence-corrected chi connectivity index (χ2v) is 9.50. The number of anilines is 1. The number of hydrogen-bond acceptors (Lipinski definition) is 4. The summed E-state index contributed by atoms with van der Waals surface area (Å²) in [5.41, 5.74) is 1.05. The summed E-state index contributed by atoms with van der Waals surface area (Å²) < 4.78 is 6.04. The maximum Gasteiger partial charge on any atom is 0.250 e. The first-order valence-corrected chi connectivity index (χ1v) is 11.2. The quantitative estimate of drug-likeness (QED) is 0.794. The first-order chi connectivity index (χ1) is 14.1. The van der Waals surface area contributed by atoms with Crippen molar-refractivity contribution in [3.8, 4) is 0 Å². The standard InChI is InChI=1S/C23H29N3O3/c27-20(25-12-9-22(10-13-25)8-4-14-29-22)18-15-16-5-3-11-26(16)23(18)17-6-1-2-7-19(17)24-21(23)28/h1-2,6-7,16,18H,3-5,8-15H2,(H,24,28)/t16-,18-,23+/m1/s1. The number of carbonyl (C=O) groups excluding carboxylic acids is 2. The van der Waals surface area contributed by atoms with Crippen molar-refractivity contribution in [2.75, 3.05) is 31.6 Å². The van der Waals surface area contributed by atoms with Crippen molar-refractivity contribution in [2.24, 2.45) is 5.92 Å². The normalized spacial score (nSPS) is 35.3. The SMILES string of the molecule is O=C([C@H]1C[C@H]2CCCN2[C@]12C(=O)Nc1ccccc12)N1CCC2(CCCO2)CC1. The van der Waals surface area contributed by atoms with E-state index in [4.69, 9.17) is 4.74 Å². The van der Waals surface area contributed by atoms with Gasteiger partial charge in [-0.3, -0.25) is 14.5 Å². The highest BCUT2D eigenvalue weighted by atomic mass is 16.5. The number of likely N-dealkylation sites (tertiary alicyclic amines) is 1. The Kier molecular flexibility index (Phi) is 3.88. The molecule has 1 aromatic carbocycles. The zero-order valence-corrected chi connectivity index (χ0v) is 16.9. The highest BCUT2D eigenvalue weighted by Crippen LogP contribution is 2.55. The van der Waals surface area contributed by atoms with E-state index < -0.39 is 5.54 Å². The lowest BCUT2D eigenvalue weighted by atomic mass is 9.77. The summed E-state index contributed by atoms with van der Waals surface area (Å²) in [4.78, 5) is 31.7. The van der Waals surface area contributed by atoms with Crippen molar-refractivity contribution in [2.45, 2.75) is 62.1 Å². The van der Waals surface area contributed by atoms with Gasteiger partial charge in [0, 0.05) is 37.0 Å². The Hall–Kier alpha value is -1.92. The minimum atomic E-state index is -0.826. The number of carbonyl (C=O) groups is 2. The van der Waals surface area contributed by atoms with Crippen LogP contribution < -0.4 is 5.32 Å². The number of benzene rings is 1. The monoisotopic (exact) mass is 395 g/mol. The number of ether oxygens (including phenoxy) is 1. The first kappa shape index (κ1) is 17.9. The van der Waals surface area contributed by atoms with E-state index in [1.54, 1.807) is 0 Å². The molecule has 29 heavy (non-hydrogen) atoms. The summed E-state index contributed by atoms with van der Waals surface area (Å²) in [6, 6.07) is 8.29. The zero-order chi connectivity index (χ0) is 19.6. The second-order valence-electron chi connectivity index (χ2n) is 9.50. The molecular formula is C23H29N3O3. The van der Waals surface area contributed by atoms with Crippen LogP contribution >= 0.6 is 0 Å². The largest absolute Gasteiger partial charge is 0.375 e. The van der Waals surface area contributed by atoms with Gasteiger partial charge in [0.2, 0.25) is 11.8 Å². The number of amides is 2. The molecule has 1 N–H and O–H groups in total. The maximum absolute atomic E-state index is 13.8. The van der Waals surface area contributed by atoms with Crippen molar-refractivity contribution in [3.05, 3.63) is 29.8 Å². The minimum Gasteiger partial charge on any atom is -0.375 e. The molecule has 6 rings (SSSR count). The predicted molar refractivity (Wildman–Crippen MR) is 108 cm³/mol. The maximum atomic E-state index is 13.8. The van der Waals surface area contributed by atoms with Gasteiger partial charge in [-0.05, 0) is 57.6 Å². The molecule has 5 aliphatic rings. The van der Waals surface area contributed by atoms with E-state index in [0.29, 0.717) is 6.04 Å². The molecule has 0 radical (unpaired) electrons. The van der Waals surface area contributed by atoms with E-state index in [2.05, 4.69) is 10.2 Å². The van der Waals surface area contributed by atoms with E-state index >= 15 is 0 Å². The average molecular weight is 396 g/mol. The number of hydrogen-bond donors (Lipinski definition) is 1. The van der Waals surface area contributed by atoms with Crippen LogP contribution in [0.4, 0.5) is 5.69 Å². The van der Waals surface area contributed by atoms with E-state index in [0.717, 1.165) is 82.4 Å². The lowest BCUT2D eigenvalue weighted by molar-refractivity contribution is -0.148. The molecule has 2 spiro atoms. The second kappa shape index (κ2) is 6.29. The van der Waals surface area contributed by atoms with Gasteiger partial charge in [0.15, 0.2) is 0 Å². The Balaban J connectivity index is 1.34. The van der Waals surface area contributed by atoms with E-state index in [9.17, 15) is 9.59 Å². The molecule has 6 nitrogen and oxygen atoms in total. The lowest BCUT2D eigenvalue weighted by Crippen LogP contribution is -2.56. The Morgan fingerprint density at radius 2 is 1.93 bits per heavy atom. The Morgan fingerprint density at radius 1 is 1.10 bits per heavy atom. The number of piperidine rings is 1. The highest BCUT2D eigenvalue weighted by Gasteiger charge is 2.66. The summed E-state index contributed by atoms with van der Waals surface area (Å²) >= 11 is 0. The van der Waals surface area contributed by atoms with Crippen molar-refractivity contribution in [3.63, 3.8) is 0 Å². The molecule has 6 heteroatoms. The topological polar surface area (TPSA) is 61.9 Å². The van der Waals surface area contributed by atoms with Crippen molar-refractivity contribution in [1.82, 2.24) is 9.80 Å². The number of nitrogens with one attached hydrogen (secondary N) is 1. The summed E-state index contributed by atoms with van der Waals surface area (Å²) in [7, 11) is 0. The van der Waals surface area contributed by atoms with Crippen molar-refractivity contribution < 1.29 is 14.3 Å². The number of rotatable bonds is 1. The summed E-state index contributed by atoms with van der Waals surface area (Å²) in [5.74, 6) is -0.136. The highest BCUT2D eigenvalue weighted by molar-refractivity contribution is 6.09. The van der Waals surface area contributed by atoms with Crippen molar-refractivity contribution in [1.29, 1.82) is 0 Å². The third kappa shape index (κ3) is 2.36. The molecule has 4 fully saturated rings. The minimum absolute atomic E-state index is 0.00147. The first-order valence-electron chi connectivity index (χ1n) is 11.2. The van der Waals surface area contributed by atoms with E-state index in [1.807, 2.05) is 29.2 Å². The van der Waals surface area contributed by atoms with Crippen LogP contribution in [-0.2, 0) is 19.9 Å². The van der Waals surface area contributed by atoms with Gasteiger partial charge in [0.1, 0.15) is 5.54 Å². The van der Waals surface area contributed by atoms with Crippen LogP contribution in [0.3, 0.4) is 0 Å². The van der Waals surface area contributed by atoms with Gasteiger partial charge in [0.25, 0.3) is 0 Å². The van der Waals surface area contributed by atoms with E-state index in [-0.39, 0.29) is 23.3 Å². The smallest absolute Gasteiger partial charge is 0.250 e. The molecule has 154 valence electrons. The summed E-state index contributed by atoms with van der Waals surface area (Å²) in [6.45, 7) is 3.25. The molecule has 5 heterocycles. The number of fused-ring (bicyclic) bond motifs is 4. The molecule has 0 bridgehead atoms. The predicted octanol–water partition coefficient (Wildman–Crippen LogP) is 2.49.